The molecule has 1 aromatic rings. The van der Waals surface area contributed by atoms with Gasteiger partial charge in [-0.15, -0.1) is 0 Å². The second kappa shape index (κ2) is 4.04. The number of hydrogen-bond donors (Lipinski definition) is 1. The molecule has 80 valence electrons. The van der Waals surface area contributed by atoms with Crippen molar-refractivity contribution >= 4 is 11.9 Å². The summed E-state index contributed by atoms with van der Waals surface area (Å²) in [7, 11) is 0. The fourth-order valence-corrected chi connectivity index (χ4v) is 0.931. The first kappa shape index (κ1) is 11.1. The van der Waals surface area contributed by atoms with Gasteiger partial charge >= 0.3 is 11.9 Å². The van der Waals surface area contributed by atoms with Crippen molar-refractivity contribution in [1.29, 1.82) is 0 Å². The van der Waals surface area contributed by atoms with E-state index in [1.165, 1.54) is 0 Å². The molecule has 0 fully saturated rings. The van der Waals surface area contributed by atoms with E-state index >= 15 is 0 Å². The summed E-state index contributed by atoms with van der Waals surface area (Å²) in [4.78, 5) is 20.9. The molecule has 0 heterocycles. The minimum Gasteiger partial charge on any atom is -0.478 e. The summed E-state index contributed by atoms with van der Waals surface area (Å²) in [6.45, 7) is 1.02. The monoisotopic (exact) mass is 216 g/mol. The number of ether oxygens (including phenoxy) is 1. The highest BCUT2D eigenvalue weighted by Crippen LogP contribution is 2.22. The Morgan fingerprint density at radius 3 is 2.33 bits per heavy atom. The molecule has 0 aliphatic carbocycles. The van der Waals surface area contributed by atoms with Crippen LogP contribution in [-0.2, 0) is 4.79 Å². The van der Waals surface area contributed by atoms with Gasteiger partial charge in [0, 0.05) is 6.92 Å². The van der Waals surface area contributed by atoms with E-state index in [1.807, 2.05) is 0 Å². The Bertz CT molecular complexity index is 428. The standard InChI is InChI=1S/C9H6F2O4/c1-4(12)15-6-3-2-5(9(13)14)7(10)8(6)11/h2-3H,1H3,(H,13,14). The Kier molecular flexibility index (Phi) is 2.99. The molecule has 0 unspecified atom stereocenters. The van der Waals surface area contributed by atoms with Gasteiger partial charge in [-0.3, -0.25) is 4.79 Å². The lowest BCUT2D eigenvalue weighted by molar-refractivity contribution is -0.132. The third-order valence-electron chi connectivity index (χ3n) is 1.53. The molecule has 0 aliphatic heterocycles. The molecule has 6 heteroatoms. The van der Waals surface area contributed by atoms with Gasteiger partial charge in [0.05, 0.1) is 5.56 Å². The molecular weight excluding hydrogens is 210 g/mol. The quantitative estimate of drug-likeness (QED) is 0.602. The molecule has 0 aromatic heterocycles. The maximum Gasteiger partial charge on any atom is 0.338 e. The van der Waals surface area contributed by atoms with Gasteiger partial charge in [0.1, 0.15) is 0 Å². The summed E-state index contributed by atoms with van der Waals surface area (Å²) < 4.78 is 30.4. The topological polar surface area (TPSA) is 63.6 Å². The number of carbonyl (C=O) groups is 2. The van der Waals surface area contributed by atoms with Gasteiger partial charge in [0.15, 0.2) is 11.6 Å². The first-order valence-corrected chi connectivity index (χ1v) is 3.83. The normalized spacial score (nSPS) is 9.80. The van der Waals surface area contributed by atoms with E-state index in [2.05, 4.69) is 4.74 Å². The van der Waals surface area contributed by atoms with Crippen LogP contribution in [0.5, 0.6) is 5.75 Å². The van der Waals surface area contributed by atoms with E-state index < -0.39 is 34.9 Å². The fraction of sp³-hybridized carbons (Fsp3) is 0.111. The number of carboxylic acids is 1. The van der Waals surface area contributed by atoms with Gasteiger partial charge < -0.3 is 9.84 Å². The molecule has 0 bridgehead atoms. The van der Waals surface area contributed by atoms with Crippen molar-refractivity contribution in [2.24, 2.45) is 0 Å². The largest absolute Gasteiger partial charge is 0.478 e. The van der Waals surface area contributed by atoms with Crippen molar-refractivity contribution in [3.8, 4) is 5.75 Å². The second-order valence-electron chi connectivity index (χ2n) is 2.64. The van der Waals surface area contributed by atoms with Crippen molar-refractivity contribution in [3.63, 3.8) is 0 Å². The van der Waals surface area contributed by atoms with Gasteiger partial charge in [-0.05, 0) is 12.1 Å². The average molecular weight is 216 g/mol. The zero-order valence-electron chi connectivity index (χ0n) is 7.58. The van der Waals surface area contributed by atoms with Crippen LogP contribution in [0.15, 0.2) is 12.1 Å². The number of carbonyl (C=O) groups excluding carboxylic acids is 1. The summed E-state index contributed by atoms with van der Waals surface area (Å²) in [5, 5.41) is 8.45. The minimum atomic E-state index is -1.60. The van der Waals surface area contributed by atoms with Crippen LogP contribution in [0.3, 0.4) is 0 Å². The number of esters is 1. The smallest absolute Gasteiger partial charge is 0.338 e. The van der Waals surface area contributed by atoms with E-state index in [-0.39, 0.29) is 0 Å². The highest BCUT2D eigenvalue weighted by atomic mass is 19.2. The second-order valence-corrected chi connectivity index (χ2v) is 2.64. The highest BCUT2D eigenvalue weighted by Gasteiger charge is 2.19. The number of carboxylic acid groups (broad SMARTS) is 1. The van der Waals surface area contributed by atoms with E-state index in [4.69, 9.17) is 5.11 Å². The van der Waals surface area contributed by atoms with Crippen molar-refractivity contribution in [2.75, 3.05) is 0 Å². The van der Waals surface area contributed by atoms with Crippen LogP contribution < -0.4 is 4.74 Å². The van der Waals surface area contributed by atoms with Gasteiger partial charge in [-0.2, -0.15) is 4.39 Å². The van der Waals surface area contributed by atoms with Gasteiger partial charge in [-0.1, -0.05) is 0 Å². The van der Waals surface area contributed by atoms with E-state index in [9.17, 15) is 18.4 Å². The molecule has 0 saturated carbocycles. The molecule has 1 aromatic carbocycles. The van der Waals surface area contributed by atoms with E-state index in [0.717, 1.165) is 19.1 Å². The first-order chi connectivity index (χ1) is 6.93. The number of benzene rings is 1. The van der Waals surface area contributed by atoms with Crippen LogP contribution >= 0.6 is 0 Å². The zero-order chi connectivity index (χ0) is 11.6. The summed E-state index contributed by atoms with van der Waals surface area (Å²) in [5.41, 5.74) is -0.816. The number of halogens is 2. The summed E-state index contributed by atoms with van der Waals surface area (Å²) >= 11 is 0. The third kappa shape index (κ3) is 2.28. The van der Waals surface area contributed by atoms with Crippen LogP contribution in [0.25, 0.3) is 0 Å². The molecule has 0 atom stereocenters. The number of aromatic carboxylic acids is 1. The van der Waals surface area contributed by atoms with Crippen LogP contribution in [0.4, 0.5) is 8.78 Å². The Labute approximate surface area is 83.1 Å². The lowest BCUT2D eigenvalue weighted by Crippen LogP contribution is -2.08. The molecule has 0 spiro atoms. The van der Waals surface area contributed by atoms with Crippen molar-refractivity contribution in [1.82, 2.24) is 0 Å². The predicted octanol–water partition coefficient (Wildman–Crippen LogP) is 1.59. The summed E-state index contributed by atoms with van der Waals surface area (Å²) in [5.74, 6) is -6.10. The molecule has 0 aliphatic rings. The maximum atomic E-state index is 13.1. The molecule has 0 saturated heterocycles. The van der Waals surface area contributed by atoms with Gasteiger partial charge in [0.2, 0.25) is 5.82 Å². The minimum absolute atomic E-state index is 0.634. The lowest BCUT2D eigenvalue weighted by Gasteiger charge is -2.04. The molecule has 0 amide bonds. The summed E-state index contributed by atoms with van der Waals surface area (Å²) in [6.07, 6.45) is 0. The molecule has 1 rings (SSSR count). The van der Waals surface area contributed by atoms with Gasteiger partial charge in [-0.25, -0.2) is 9.18 Å². The third-order valence-corrected chi connectivity index (χ3v) is 1.53. The predicted molar refractivity (Wildman–Crippen MR) is 44.6 cm³/mol. The summed E-state index contributed by atoms with van der Waals surface area (Å²) in [6, 6.07) is 1.70. The Morgan fingerprint density at radius 1 is 1.27 bits per heavy atom. The van der Waals surface area contributed by atoms with Crippen LogP contribution in [0.2, 0.25) is 0 Å². The molecule has 15 heavy (non-hydrogen) atoms. The fourth-order valence-electron chi connectivity index (χ4n) is 0.931. The Hall–Kier alpha value is -1.98. The average Bonchev–Trinajstić information content (AvgIpc) is 2.12. The van der Waals surface area contributed by atoms with Crippen LogP contribution in [0.1, 0.15) is 17.3 Å². The lowest BCUT2D eigenvalue weighted by atomic mass is 10.2. The van der Waals surface area contributed by atoms with E-state index in [0.29, 0.717) is 0 Å². The first-order valence-electron chi connectivity index (χ1n) is 3.83. The zero-order valence-corrected chi connectivity index (χ0v) is 7.58. The van der Waals surface area contributed by atoms with E-state index in [1.54, 1.807) is 0 Å². The molecule has 1 N–H and O–H groups in total. The van der Waals surface area contributed by atoms with Crippen molar-refractivity contribution in [2.45, 2.75) is 6.92 Å². The SMILES string of the molecule is CC(=O)Oc1ccc(C(=O)O)c(F)c1F. The Morgan fingerprint density at radius 2 is 1.87 bits per heavy atom. The van der Waals surface area contributed by atoms with Crippen LogP contribution in [0, 0.1) is 11.6 Å². The number of hydrogen-bond acceptors (Lipinski definition) is 3. The number of rotatable bonds is 2. The molecule has 4 nitrogen and oxygen atoms in total. The van der Waals surface area contributed by atoms with Crippen molar-refractivity contribution < 1.29 is 28.2 Å². The molecule has 0 radical (unpaired) electrons. The highest BCUT2D eigenvalue weighted by molar-refractivity contribution is 5.88. The van der Waals surface area contributed by atoms with Crippen LogP contribution in [-0.4, -0.2) is 17.0 Å². The molecular formula is C9H6F2O4. The van der Waals surface area contributed by atoms with Gasteiger partial charge in [0.25, 0.3) is 0 Å². The Balaban J connectivity index is 3.21. The maximum absolute atomic E-state index is 13.1. The van der Waals surface area contributed by atoms with Crippen molar-refractivity contribution in [3.05, 3.63) is 29.3 Å².